The van der Waals surface area contributed by atoms with Gasteiger partial charge in [0, 0.05) is 37.0 Å². The molecule has 1 heterocycles. The van der Waals surface area contributed by atoms with E-state index in [0.717, 1.165) is 48.0 Å². The third-order valence-corrected chi connectivity index (χ3v) is 5.51. The van der Waals surface area contributed by atoms with Gasteiger partial charge in [-0.1, -0.05) is 35.9 Å². The molecule has 5 nitrogen and oxygen atoms in total. The summed E-state index contributed by atoms with van der Waals surface area (Å²) in [6, 6.07) is 16.1. The molecule has 2 aromatic carbocycles. The monoisotopic (exact) mass is 415 g/mol. The van der Waals surface area contributed by atoms with Crippen molar-refractivity contribution in [2.75, 3.05) is 38.7 Å². The van der Waals surface area contributed by atoms with E-state index in [-0.39, 0.29) is 5.90 Å². The van der Waals surface area contributed by atoms with E-state index in [1.165, 1.54) is 12.8 Å². The molecule has 0 bridgehead atoms. The molecule has 1 aliphatic rings. The highest BCUT2D eigenvalue weighted by Gasteiger charge is 2.23. The molecule has 29 heavy (non-hydrogen) atoms. The number of likely N-dealkylation sites (tertiary alicyclic amines) is 1. The Kier molecular flexibility index (Phi) is 8.35. The SMILES string of the molecule is COC[C@@H]1CCCN1CCCOC(=N)c1ccccc1NCc1ccc(Cl)cc1. The van der Waals surface area contributed by atoms with Crippen LogP contribution in [0, 0.1) is 5.41 Å². The van der Waals surface area contributed by atoms with Gasteiger partial charge in [-0.3, -0.25) is 10.3 Å². The average Bonchev–Trinajstić information content (AvgIpc) is 3.18. The molecule has 0 radical (unpaired) electrons. The molecule has 2 aromatic rings. The number of nitrogens with one attached hydrogen (secondary N) is 2. The second kappa shape index (κ2) is 11.2. The van der Waals surface area contributed by atoms with Crippen LogP contribution in [-0.2, 0) is 16.0 Å². The number of hydrogen-bond acceptors (Lipinski definition) is 5. The maximum Gasteiger partial charge on any atom is 0.215 e. The smallest absolute Gasteiger partial charge is 0.215 e. The molecule has 3 rings (SSSR count). The Hall–Kier alpha value is -2.08. The standard InChI is InChI=1S/C23H30ClN3O2/c1-28-17-20-6-4-13-27(20)14-5-15-29-23(25)21-7-2-3-8-22(21)26-16-18-9-11-19(24)12-10-18/h2-3,7-12,20,25-26H,4-6,13-17H2,1H3/t20-/m0/s1. The number of para-hydroxylation sites is 1. The number of rotatable bonds is 10. The van der Waals surface area contributed by atoms with Gasteiger partial charge < -0.3 is 14.8 Å². The van der Waals surface area contributed by atoms with Gasteiger partial charge in [0.2, 0.25) is 5.90 Å². The van der Waals surface area contributed by atoms with Crippen molar-refractivity contribution in [1.29, 1.82) is 5.41 Å². The van der Waals surface area contributed by atoms with Crippen molar-refractivity contribution in [2.24, 2.45) is 0 Å². The maximum absolute atomic E-state index is 8.36. The van der Waals surface area contributed by atoms with Crippen molar-refractivity contribution in [2.45, 2.75) is 31.8 Å². The zero-order valence-electron chi connectivity index (χ0n) is 17.0. The van der Waals surface area contributed by atoms with Gasteiger partial charge in [-0.05, 0) is 55.6 Å². The number of methoxy groups -OCH3 is 1. The minimum atomic E-state index is 0.207. The molecule has 0 unspecified atom stereocenters. The Morgan fingerprint density at radius 1 is 1.21 bits per heavy atom. The van der Waals surface area contributed by atoms with E-state index in [0.29, 0.717) is 19.2 Å². The number of halogens is 1. The molecular weight excluding hydrogens is 386 g/mol. The highest BCUT2D eigenvalue weighted by Crippen LogP contribution is 2.19. The van der Waals surface area contributed by atoms with Crippen LogP contribution in [0.2, 0.25) is 5.02 Å². The van der Waals surface area contributed by atoms with Crippen LogP contribution in [0.4, 0.5) is 5.69 Å². The third-order valence-electron chi connectivity index (χ3n) is 5.26. The molecule has 1 fully saturated rings. The normalized spacial score (nSPS) is 16.7. The molecule has 0 saturated carbocycles. The zero-order chi connectivity index (χ0) is 20.5. The van der Waals surface area contributed by atoms with Gasteiger partial charge in [0.05, 0.1) is 18.8 Å². The predicted molar refractivity (Wildman–Crippen MR) is 119 cm³/mol. The lowest BCUT2D eigenvalue weighted by Gasteiger charge is -2.23. The first-order valence-corrected chi connectivity index (χ1v) is 10.6. The van der Waals surface area contributed by atoms with E-state index < -0.39 is 0 Å². The van der Waals surface area contributed by atoms with Crippen molar-refractivity contribution in [3.8, 4) is 0 Å². The van der Waals surface area contributed by atoms with E-state index in [2.05, 4.69) is 10.2 Å². The predicted octanol–water partition coefficient (Wildman–Crippen LogP) is 4.79. The number of nitrogens with zero attached hydrogens (tertiary/aromatic N) is 1. The number of ether oxygens (including phenoxy) is 2. The van der Waals surface area contributed by atoms with Crippen LogP contribution < -0.4 is 5.32 Å². The lowest BCUT2D eigenvalue weighted by molar-refractivity contribution is 0.111. The molecular formula is C23H30ClN3O2. The van der Waals surface area contributed by atoms with Crippen LogP contribution in [0.5, 0.6) is 0 Å². The fourth-order valence-electron chi connectivity index (χ4n) is 3.73. The average molecular weight is 416 g/mol. The number of benzene rings is 2. The van der Waals surface area contributed by atoms with Gasteiger partial charge in [-0.25, -0.2) is 0 Å². The van der Waals surface area contributed by atoms with Gasteiger partial charge in [-0.2, -0.15) is 0 Å². The van der Waals surface area contributed by atoms with Crippen LogP contribution >= 0.6 is 11.6 Å². The summed E-state index contributed by atoms with van der Waals surface area (Å²) in [7, 11) is 1.76. The van der Waals surface area contributed by atoms with Crippen LogP contribution in [0.15, 0.2) is 48.5 Å². The Morgan fingerprint density at radius 3 is 2.79 bits per heavy atom. The van der Waals surface area contributed by atoms with Crippen LogP contribution in [-0.4, -0.2) is 50.3 Å². The van der Waals surface area contributed by atoms with E-state index in [4.69, 9.17) is 26.5 Å². The second-order valence-corrected chi connectivity index (χ2v) is 7.78. The summed E-state index contributed by atoms with van der Waals surface area (Å²) in [4.78, 5) is 2.47. The fraction of sp³-hybridized carbons (Fsp3) is 0.435. The zero-order valence-corrected chi connectivity index (χ0v) is 17.8. The van der Waals surface area contributed by atoms with Crippen LogP contribution in [0.25, 0.3) is 0 Å². The number of anilines is 1. The second-order valence-electron chi connectivity index (χ2n) is 7.34. The van der Waals surface area contributed by atoms with Crippen molar-refractivity contribution < 1.29 is 9.47 Å². The van der Waals surface area contributed by atoms with E-state index in [1.807, 2.05) is 48.5 Å². The highest BCUT2D eigenvalue weighted by atomic mass is 35.5. The first kappa shape index (κ1) is 21.6. The first-order valence-electron chi connectivity index (χ1n) is 10.2. The Bertz CT molecular complexity index is 782. The quantitative estimate of drug-likeness (QED) is 0.332. The summed E-state index contributed by atoms with van der Waals surface area (Å²) < 4.78 is 11.1. The van der Waals surface area contributed by atoms with Gasteiger partial charge in [-0.15, -0.1) is 0 Å². The van der Waals surface area contributed by atoms with Gasteiger partial charge >= 0.3 is 0 Å². The third kappa shape index (κ3) is 6.46. The Labute approximate surface area is 178 Å². The van der Waals surface area contributed by atoms with Gasteiger partial charge in [0.1, 0.15) is 0 Å². The summed E-state index contributed by atoms with van der Waals surface area (Å²) >= 11 is 5.95. The maximum atomic E-state index is 8.36. The molecule has 1 saturated heterocycles. The van der Waals surface area contributed by atoms with Crippen LogP contribution in [0.3, 0.4) is 0 Å². The minimum absolute atomic E-state index is 0.207. The number of hydrogen-bond donors (Lipinski definition) is 2. The molecule has 1 aliphatic heterocycles. The highest BCUT2D eigenvalue weighted by molar-refractivity contribution is 6.30. The van der Waals surface area contributed by atoms with Crippen molar-refractivity contribution in [3.05, 3.63) is 64.7 Å². The molecule has 6 heteroatoms. The van der Waals surface area contributed by atoms with E-state index >= 15 is 0 Å². The van der Waals surface area contributed by atoms with Crippen molar-refractivity contribution in [1.82, 2.24) is 4.90 Å². The largest absolute Gasteiger partial charge is 0.478 e. The lowest BCUT2D eigenvalue weighted by atomic mass is 10.1. The van der Waals surface area contributed by atoms with Crippen LogP contribution in [0.1, 0.15) is 30.4 Å². The Balaban J connectivity index is 1.47. The topological polar surface area (TPSA) is 57.6 Å². The van der Waals surface area contributed by atoms with Crippen molar-refractivity contribution >= 4 is 23.2 Å². The fourth-order valence-corrected chi connectivity index (χ4v) is 3.85. The van der Waals surface area contributed by atoms with Gasteiger partial charge in [0.25, 0.3) is 0 Å². The molecule has 0 spiro atoms. The lowest BCUT2D eigenvalue weighted by Crippen LogP contribution is -2.34. The van der Waals surface area contributed by atoms with Crippen molar-refractivity contribution in [3.63, 3.8) is 0 Å². The summed E-state index contributed by atoms with van der Waals surface area (Å²) in [5.74, 6) is 0.207. The first-order chi connectivity index (χ1) is 14.2. The van der Waals surface area contributed by atoms with E-state index in [1.54, 1.807) is 7.11 Å². The molecule has 0 aliphatic carbocycles. The summed E-state index contributed by atoms with van der Waals surface area (Å²) in [5, 5.41) is 12.5. The summed E-state index contributed by atoms with van der Waals surface area (Å²) in [5.41, 5.74) is 2.81. The van der Waals surface area contributed by atoms with Gasteiger partial charge in [0.15, 0.2) is 0 Å². The molecule has 2 N–H and O–H groups in total. The molecule has 0 aromatic heterocycles. The summed E-state index contributed by atoms with van der Waals surface area (Å²) in [6.45, 7) is 4.11. The molecule has 156 valence electrons. The summed E-state index contributed by atoms with van der Waals surface area (Å²) in [6.07, 6.45) is 3.34. The minimum Gasteiger partial charge on any atom is -0.478 e. The molecule has 1 atom stereocenters. The molecule has 0 amide bonds. The Morgan fingerprint density at radius 2 is 2.00 bits per heavy atom. The van der Waals surface area contributed by atoms with E-state index in [9.17, 15) is 0 Å².